The molecule has 0 saturated heterocycles. The van der Waals surface area contributed by atoms with Crippen LogP contribution in [0.2, 0.25) is 0 Å². The molecule has 0 amide bonds. The lowest BCUT2D eigenvalue weighted by molar-refractivity contribution is 0.104. The molecule has 3 rings (SSSR count). The lowest BCUT2D eigenvalue weighted by Gasteiger charge is -2.18. The van der Waals surface area contributed by atoms with E-state index in [1.54, 1.807) is 36.5 Å². The molecule has 2 heterocycles. The second-order valence-electron chi connectivity index (χ2n) is 4.69. The third kappa shape index (κ3) is 2.97. The first kappa shape index (κ1) is 13.4. The van der Waals surface area contributed by atoms with E-state index in [-0.39, 0.29) is 5.78 Å². The van der Waals surface area contributed by atoms with Gasteiger partial charge >= 0.3 is 0 Å². The van der Waals surface area contributed by atoms with Crippen LogP contribution in [-0.4, -0.2) is 28.8 Å². The minimum absolute atomic E-state index is 0.0729. The van der Waals surface area contributed by atoms with Crippen LogP contribution in [0.4, 0.5) is 0 Å². The Hall–Kier alpha value is -2.56. The molecule has 1 aromatic heterocycles. The van der Waals surface area contributed by atoms with Crippen LogP contribution in [-0.2, 0) is 6.54 Å². The zero-order valence-electron chi connectivity index (χ0n) is 11.8. The van der Waals surface area contributed by atoms with Crippen molar-refractivity contribution in [2.45, 2.75) is 13.5 Å². The Balaban J connectivity index is 1.75. The molecular weight excluding hydrogens is 268 g/mol. The van der Waals surface area contributed by atoms with Gasteiger partial charge in [0, 0.05) is 23.9 Å². The molecule has 108 valence electrons. The number of carbonyl (C=O) groups is 1. The van der Waals surface area contributed by atoms with Crippen molar-refractivity contribution < 1.29 is 14.3 Å². The van der Waals surface area contributed by atoms with Gasteiger partial charge in [-0.2, -0.15) is 5.10 Å². The Morgan fingerprint density at radius 1 is 1.33 bits per heavy atom. The number of ketones is 1. The van der Waals surface area contributed by atoms with Crippen LogP contribution in [0.3, 0.4) is 0 Å². The minimum Gasteiger partial charge on any atom is -0.486 e. The van der Waals surface area contributed by atoms with E-state index in [1.165, 1.54) is 0 Å². The maximum Gasteiger partial charge on any atom is 0.185 e. The van der Waals surface area contributed by atoms with Gasteiger partial charge in [0.25, 0.3) is 0 Å². The van der Waals surface area contributed by atoms with E-state index < -0.39 is 0 Å². The maximum atomic E-state index is 12.2. The Morgan fingerprint density at radius 3 is 2.90 bits per heavy atom. The molecule has 1 aliphatic rings. The Morgan fingerprint density at radius 2 is 2.14 bits per heavy atom. The van der Waals surface area contributed by atoms with E-state index in [0.717, 1.165) is 12.1 Å². The van der Waals surface area contributed by atoms with Crippen LogP contribution >= 0.6 is 0 Å². The van der Waals surface area contributed by atoms with Gasteiger partial charge in [0.1, 0.15) is 13.2 Å². The number of hydrogen-bond acceptors (Lipinski definition) is 4. The summed E-state index contributed by atoms with van der Waals surface area (Å²) in [6, 6.07) is 5.23. The third-order valence-corrected chi connectivity index (χ3v) is 3.23. The summed E-state index contributed by atoms with van der Waals surface area (Å²) < 4.78 is 12.7. The molecule has 0 spiro atoms. The Kier molecular flexibility index (Phi) is 3.73. The van der Waals surface area contributed by atoms with Gasteiger partial charge < -0.3 is 9.47 Å². The topological polar surface area (TPSA) is 53.4 Å². The van der Waals surface area contributed by atoms with Crippen LogP contribution in [0.15, 0.2) is 36.7 Å². The summed E-state index contributed by atoms with van der Waals surface area (Å²) in [5.74, 6) is 1.24. The average molecular weight is 284 g/mol. The Bertz CT molecular complexity index is 689. The van der Waals surface area contributed by atoms with Crippen LogP contribution in [0.1, 0.15) is 22.8 Å². The number of fused-ring (bicyclic) bond motifs is 1. The summed E-state index contributed by atoms with van der Waals surface area (Å²) in [6.45, 7) is 3.88. The van der Waals surface area contributed by atoms with Crippen LogP contribution in [0.25, 0.3) is 6.08 Å². The van der Waals surface area contributed by atoms with E-state index in [1.807, 2.05) is 17.8 Å². The lowest BCUT2D eigenvalue weighted by Crippen LogP contribution is -2.15. The highest BCUT2D eigenvalue weighted by Gasteiger charge is 2.13. The number of aromatic nitrogens is 2. The van der Waals surface area contributed by atoms with Crippen molar-refractivity contribution in [3.63, 3.8) is 0 Å². The molecule has 0 bridgehead atoms. The summed E-state index contributed by atoms with van der Waals surface area (Å²) in [6.07, 6.45) is 6.94. The first-order valence-electron chi connectivity index (χ1n) is 6.91. The molecule has 1 aromatic carbocycles. The molecular formula is C16H16N2O3. The molecule has 5 nitrogen and oxygen atoms in total. The van der Waals surface area contributed by atoms with Gasteiger partial charge in [-0.25, -0.2) is 0 Å². The van der Waals surface area contributed by atoms with Crippen molar-refractivity contribution in [3.05, 3.63) is 47.8 Å². The van der Waals surface area contributed by atoms with E-state index in [2.05, 4.69) is 5.10 Å². The summed E-state index contributed by atoms with van der Waals surface area (Å²) >= 11 is 0. The highest BCUT2D eigenvalue weighted by Crippen LogP contribution is 2.30. The number of allylic oxidation sites excluding steroid dienone is 1. The average Bonchev–Trinajstić information content (AvgIpc) is 3.00. The molecule has 0 saturated carbocycles. The van der Waals surface area contributed by atoms with E-state index in [9.17, 15) is 4.79 Å². The molecule has 0 unspecified atom stereocenters. The number of hydrogen-bond donors (Lipinski definition) is 0. The van der Waals surface area contributed by atoms with Crippen LogP contribution < -0.4 is 9.47 Å². The van der Waals surface area contributed by atoms with Crippen molar-refractivity contribution >= 4 is 11.9 Å². The fraction of sp³-hybridized carbons (Fsp3) is 0.250. The Labute approximate surface area is 122 Å². The van der Waals surface area contributed by atoms with Crippen molar-refractivity contribution in [1.82, 2.24) is 9.78 Å². The van der Waals surface area contributed by atoms with Gasteiger partial charge in [0.15, 0.2) is 17.3 Å². The zero-order valence-corrected chi connectivity index (χ0v) is 11.8. The van der Waals surface area contributed by atoms with Gasteiger partial charge in [-0.1, -0.05) is 0 Å². The van der Waals surface area contributed by atoms with Crippen molar-refractivity contribution in [2.24, 2.45) is 0 Å². The predicted octanol–water partition coefficient (Wildman–Crippen LogP) is 2.57. The number of nitrogens with zero attached hydrogens (tertiary/aromatic N) is 2. The number of benzene rings is 1. The van der Waals surface area contributed by atoms with Gasteiger partial charge in [-0.3, -0.25) is 9.48 Å². The number of carbonyl (C=O) groups excluding carboxylic acids is 1. The summed E-state index contributed by atoms with van der Waals surface area (Å²) in [7, 11) is 0. The largest absolute Gasteiger partial charge is 0.486 e. The molecule has 0 radical (unpaired) electrons. The SMILES string of the molecule is CCn1cc(/C=C/C(=O)c2ccc3c(c2)OCCO3)cn1. The van der Waals surface area contributed by atoms with Gasteiger partial charge in [-0.15, -0.1) is 0 Å². The number of ether oxygens (including phenoxy) is 2. The van der Waals surface area contributed by atoms with Crippen molar-refractivity contribution in [2.75, 3.05) is 13.2 Å². The summed E-state index contributed by atoms with van der Waals surface area (Å²) in [4.78, 5) is 12.2. The van der Waals surface area contributed by atoms with Gasteiger partial charge in [0.05, 0.1) is 6.20 Å². The standard InChI is InChI=1S/C16H16N2O3/c1-2-18-11-12(10-17-18)3-5-14(19)13-4-6-15-16(9-13)21-8-7-20-15/h3-6,9-11H,2,7-8H2,1H3/b5-3+. The summed E-state index contributed by atoms with van der Waals surface area (Å²) in [5, 5.41) is 4.16. The van der Waals surface area contributed by atoms with Crippen molar-refractivity contribution in [1.29, 1.82) is 0 Å². The number of aryl methyl sites for hydroxylation is 1. The van der Waals surface area contributed by atoms with E-state index in [4.69, 9.17) is 9.47 Å². The smallest absolute Gasteiger partial charge is 0.185 e. The van der Waals surface area contributed by atoms with Crippen LogP contribution in [0, 0.1) is 0 Å². The van der Waals surface area contributed by atoms with E-state index >= 15 is 0 Å². The maximum absolute atomic E-state index is 12.2. The van der Waals surface area contributed by atoms with Crippen molar-refractivity contribution in [3.8, 4) is 11.5 Å². The summed E-state index contributed by atoms with van der Waals surface area (Å²) in [5.41, 5.74) is 1.49. The third-order valence-electron chi connectivity index (χ3n) is 3.23. The zero-order chi connectivity index (χ0) is 14.7. The lowest BCUT2D eigenvalue weighted by atomic mass is 10.1. The highest BCUT2D eigenvalue weighted by molar-refractivity contribution is 6.07. The highest BCUT2D eigenvalue weighted by atomic mass is 16.6. The first-order valence-corrected chi connectivity index (χ1v) is 6.91. The van der Waals surface area contributed by atoms with E-state index in [0.29, 0.717) is 30.3 Å². The fourth-order valence-corrected chi connectivity index (χ4v) is 2.10. The molecule has 0 N–H and O–H groups in total. The normalized spacial score (nSPS) is 13.6. The minimum atomic E-state index is -0.0729. The predicted molar refractivity (Wildman–Crippen MR) is 78.7 cm³/mol. The van der Waals surface area contributed by atoms with Gasteiger partial charge in [-0.05, 0) is 37.3 Å². The molecule has 21 heavy (non-hydrogen) atoms. The number of rotatable bonds is 4. The second kappa shape index (κ2) is 5.83. The quantitative estimate of drug-likeness (QED) is 0.639. The molecule has 0 aliphatic carbocycles. The monoisotopic (exact) mass is 284 g/mol. The van der Waals surface area contributed by atoms with Crippen LogP contribution in [0.5, 0.6) is 11.5 Å². The molecule has 2 aromatic rings. The molecule has 5 heteroatoms. The van der Waals surface area contributed by atoms with Gasteiger partial charge in [0.2, 0.25) is 0 Å². The molecule has 0 atom stereocenters. The fourth-order valence-electron chi connectivity index (χ4n) is 2.10. The first-order chi connectivity index (χ1) is 10.3. The molecule has 1 aliphatic heterocycles. The second-order valence-corrected chi connectivity index (χ2v) is 4.69. The molecule has 0 fully saturated rings.